The first-order valence-electron chi connectivity index (χ1n) is 6.19. The molecule has 0 spiro atoms. The zero-order valence-electron chi connectivity index (χ0n) is 10.1. The van der Waals surface area contributed by atoms with Gasteiger partial charge in [-0.25, -0.2) is 0 Å². The van der Waals surface area contributed by atoms with Crippen molar-refractivity contribution in [2.45, 2.75) is 45.1 Å². The number of thiophene rings is 1. The number of carbonyl (C=O) groups excluding carboxylic acids is 1. The summed E-state index contributed by atoms with van der Waals surface area (Å²) in [6.07, 6.45) is 5.69. The Hall–Kier alpha value is -0.350. The van der Waals surface area contributed by atoms with Gasteiger partial charge in [0.1, 0.15) is 0 Å². The van der Waals surface area contributed by atoms with Gasteiger partial charge < -0.3 is 5.32 Å². The molecule has 94 valence electrons. The van der Waals surface area contributed by atoms with E-state index in [1.165, 1.54) is 16.9 Å². The van der Waals surface area contributed by atoms with Crippen molar-refractivity contribution in [3.63, 3.8) is 0 Å². The topological polar surface area (TPSA) is 29.1 Å². The zero-order chi connectivity index (χ0) is 12.3. The summed E-state index contributed by atoms with van der Waals surface area (Å²) in [5, 5.41) is 4.07. The number of carbonyl (C=O) groups is 1. The van der Waals surface area contributed by atoms with E-state index in [1.54, 1.807) is 11.3 Å². The van der Waals surface area contributed by atoms with Crippen LogP contribution in [0.5, 0.6) is 0 Å². The Labute approximate surface area is 115 Å². The summed E-state index contributed by atoms with van der Waals surface area (Å²) >= 11 is 5.08. The number of nitrogens with one attached hydrogen (secondary N) is 1. The van der Waals surface area contributed by atoms with E-state index in [-0.39, 0.29) is 11.9 Å². The third-order valence-electron chi connectivity index (χ3n) is 3.12. The molecule has 1 atom stereocenters. The van der Waals surface area contributed by atoms with E-state index in [0.717, 1.165) is 35.9 Å². The minimum Gasteiger partial charge on any atom is -0.349 e. The Kier molecular flexibility index (Phi) is 4.62. The Morgan fingerprint density at radius 1 is 1.59 bits per heavy atom. The predicted octanol–water partition coefficient (Wildman–Crippen LogP) is 3.53. The molecule has 1 amide bonds. The van der Waals surface area contributed by atoms with E-state index in [9.17, 15) is 4.79 Å². The second-order valence-electron chi connectivity index (χ2n) is 4.62. The van der Waals surface area contributed by atoms with Crippen LogP contribution in [0.2, 0.25) is 0 Å². The largest absolute Gasteiger partial charge is 0.349 e. The lowest BCUT2D eigenvalue weighted by Crippen LogP contribution is -2.32. The normalized spacial score (nSPS) is 15.6. The van der Waals surface area contributed by atoms with E-state index >= 15 is 0 Å². The summed E-state index contributed by atoms with van der Waals surface area (Å²) in [7, 11) is 0. The number of rotatable bonds is 5. The molecule has 0 bridgehead atoms. The second-order valence-corrected chi connectivity index (χ2v) is 6.55. The van der Waals surface area contributed by atoms with Gasteiger partial charge in [-0.3, -0.25) is 4.79 Å². The molecule has 0 fully saturated rings. The van der Waals surface area contributed by atoms with Crippen molar-refractivity contribution in [1.82, 2.24) is 5.32 Å². The highest BCUT2D eigenvalue weighted by Crippen LogP contribution is 2.30. The average molecular weight is 316 g/mol. The first-order valence-corrected chi connectivity index (χ1v) is 8.13. The molecule has 1 heterocycles. The molecular weight excluding hydrogens is 298 g/mol. The van der Waals surface area contributed by atoms with Crippen molar-refractivity contribution in [1.29, 1.82) is 0 Å². The van der Waals surface area contributed by atoms with E-state index in [1.807, 2.05) is 0 Å². The monoisotopic (exact) mass is 315 g/mol. The third-order valence-corrected chi connectivity index (χ3v) is 4.92. The fourth-order valence-corrected chi connectivity index (χ4v) is 3.67. The predicted molar refractivity (Wildman–Crippen MR) is 76.3 cm³/mol. The average Bonchev–Trinajstić information content (AvgIpc) is 2.86. The quantitative estimate of drug-likeness (QED) is 0.827. The van der Waals surface area contributed by atoms with E-state index < -0.39 is 0 Å². The number of aryl methyl sites for hydroxylation is 2. The molecule has 4 heteroatoms. The van der Waals surface area contributed by atoms with Crippen molar-refractivity contribution in [2.75, 3.05) is 5.33 Å². The number of hydrogen-bond acceptors (Lipinski definition) is 2. The summed E-state index contributed by atoms with van der Waals surface area (Å²) in [5.41, 5.74) is 1.40. The summed E-state index contributed by atoms with van der Waals surface area (Å²) in [6.45, 7) is 2.07. The maximum Gasteiger partial charge on any atom is 0.261 e. The lowest BCUT2D eigenvalue weighted by atomic mass is 10.2. The number of amides is 1. The molecule has 0 saturated heterocycles. The number of hydrogen-bond donors (Lipinski definition) is 1. The van der Waals surface area contributed by atoms with Crippen LogP contribution in [0.15, 0.2) is 6.07 Å². The smallest absolute Gasteiger partial charge is 0.261 e. The minimum atomic E-state index is 0.103. The highest BCUT2D eigenvalue weighted by atomic mass is 79.9. The zero-order valence-corrected chi connectivity index (χ0v) is 12.5. The van der Waals surface area contributed by atoms with Crippen LogP contribution >= 0.6 is 27.3 Å². The van der Waals surface area contributed by atoms with E-state index in [2.05, 4.69) is 34.2 Å². The standard InChI is InChI=1S/C13H18BrNOS/c1-9(4-3-7-14)15-13(16)12-8-10-5-2-6-11(10)17-12/h8-9H,2-7H2,1H3,(H,15,16). The Morgan fingerprint density at radius 3 is 3.12 bits per heavy atom. The molecule has 2 nitrogen and oxygen atoms in total. The first-order chi connectivity index (χ1) is 8.20. The highest BCUT2D eigenvalue weighted by Gasteiger charge is 2.19. The number of fused-ring (bicyclic) bond motifs is 1. The Morgan fingerprint density at radius 2 is 2.41 bits per heavy atom. The molecule has 1 aromatic rings. The molecule has 1 aromatic heterocycles. The molecule has 0 radical (unpaired) electrons. The maximum absolute atomic E-state index is 12.0. The van der Waals surface area contributed by atoms with Crippen molar-refractivity contribution in [2.24, 2.45) is 0 Å². The van der Waals surface area contributed by atoms with Crippen LogP contribution in [0.1, 0.15) is 46.3 Å². The second kappa shape index (κ2) is 6.01. The molecule has 0 aromatic carbocycles. The van der Waals surface area contributed by atoms with Gasteiger partial charge in [0.05, 0.1) is 4.88 Å². The lowest BCUT2D eigenvalue weighted by Gasteiger charge is -2.12. The van der Waals surface area contributed by atoms with Crippen LogP contribution in [0.25, 0.3) is 0 Å². The van der Waals surface area contributed by atoms with Gasteiger partial charge in [-0.05, 0) is 50.7 Å². The van der Waals surface area contributed by atoms with Gasteiger partial charge in [-0.2, -0.15) is 0 Å². The fraction of sp³-hybridized carbons (Fsp3) is 0.615. The summed E-state index contributed by atoms with van der Waals surface area (Å²) in [4.78, 5) is 14.3. The maximum atomic E-state index is 12.0. The highest BCUT2D eigenvalue weighted by molar-refractivity contribution is 9.09. The van der Waals surface area contributed by atoms with Crippen LogP contribution < -0.4 is 5.32 Å². The van der Waals surface area contributed by atoms with Crippen molar-refractivity contribution in [3.05, 3.63) is 21.4 Å². The van der Waals surface area contributed by atoms with Crippen LogP contribution in [0.3, 0.4) is 0 Å². The Bertz CT molecular complexity index is 381. The van der Waals surface area contributed by atoms with Crippen LogP contribution in [0.4, 0.5) is 0 Å². The molecule has 17 heavy (non-hydrogen) atoms. The van der Waals surface area contributed by atoms with E-state index in [4.69, 9.17) is 0 Å². The lowest BCUT2D eigenvalue weighted by molar-refractivity contribution is 0.0942. The molecule has 2 rings (SSSR count). The van der Waals surface area contributed by atoms with Gasteiger partial charge in [0.2, 0.25) is 0 Å². The van der Waals surface area contributed by atoms with Crippen LogP contribution in [0, 0.1) is 0 Å². The van der Waals surface area contributed by atoms with Gasteiger partial charge >= 0.3 is 0 Å². The molecule has 0 aliphatic heterocycles. The van der Waals surface area contributed by atoms with Gasteiger partial charge in [0.15, 0.2) is 0 Å². The molecule has 1 N–H and O–H groups in total. The van der Waals surface area contributed by atoms with Gasteiger partial charge in [0.25, 0.3) is 5.91 Å². The van der Waals surface area contributed by atoms with Crippen molar-refractivity contribution in [3.8, 4) is 0 Å². The third kappa shape index (κ3) is 3.32. The number of halogens is 1. The van der Waals surface area contributed by atoms with Gasteiger partial charge in [0, 0.05) is 16.2 Å². The summed E-state index contributed by atoms with van der Waals surface area (Å²) in [6, 6.07) is 2.34. The van der Waals surface area contributed by atoms with Gasteiger partial charge in [-0.1, -0.05) is 15.9 Å². The molecule has 0 saturated carbocycles. The Balaban J connectivity index is 1.90. The minimum absolute atomic E-state index is 0.103. The van der Waals surface area contributed by atoms with E-state index in [0.29, 0.717) is 0 Å². The van der Waals surface area contributed by atoms with Crippen LogP contribution in [-0.2, 0) is 12.8 Å². The number of alkyl halides is 1. The summed E-state index contributed by atoms with van der Waals surface area (Å²) in [5.74, 6) is 0.103. The van der Waals surface area contributed by atoms with Crippen molar-refractivity contribution >= 4 is 33.2 Å². The molecule has 1 aliphatic carbocycles. The van der Waals surface area contributed by atoms with Crippen LogP contribution in [-0.4, -0.2) is 17.3 Å². The molecular formula is C13H18BrNOS. The fourth-order valence-electron chi connectivity index (χ4n) is 2.19. The first kappa shape index (κ1) is 13.1. The summed E-state index contributed by atoms with van der Waals surface area (Å²) < 4.78 is 0. The SMILES string of the molecule is CC(CCCBr)NC(=O)c1cc2c(s1)CCC2. The molecule has 1 unspecified atom stereocenters. The van der Waals surface area contributed by atoms with Crippen molar-refractivity contribution < 1.29 is 4.79 Å². The molecule has 1 aliphatic rings. The van der Waals surface area contributed by atoms with Gasteiger partial charge in [-0.15, -0.1) is 11.3 Å².